The van der Waals surface area contributed by atoms with Gasteiger partial charge in [0.05, 0.1) is 0 Å². The number of hydrogen-bond acceptors (Lipinski definition) is 0. The third-order valence-corrected chi connectivity index (χ3v) is 35.2. The molecule has 0 saturated carbocycles. The van der Waals surface area contributed by atoms with E-state index in [0.29, 0.717) is 0 Å². The van der Waals surface area contributed by atoms with Crippen molar-refractivity contribution in [3.63, 3.8) is 0 Å². The van der Waals surface area contributed by atoms with Crippen LogP contribution in [-0.2, 0) is 17.4 Å². The van der Waals surface area contributed by atoms with Crippen molar-refractivity contribution in [2.24, 2.45) is 0 Å². The Morgan fingerprint density at radius 1 is 0.900 bits per heavy atom. The fraction of sp³-hybridized carbons (Fsp3) is 0.500. The molecule has 114 valence electrons. The van der Waals surface area contributed by atoms with Crippen LogP contribution in [0.15, 0.2) is 42.0 Å². The van der Waals surface area contributed by atoms with E-state index in [1.165, 1.54) is 32.2 Å². The number of halogens is 2. The fourth-order valence-corrected chi connectivity index (χ4v) is 19.3. The van der Waals surface area contributed by atoms with E-state index in [9.17, 15) is 0 Å². The van der Waals surface area contributed by atoms with Gasteiger partial charge in [-0.15, -0.1) is 24.8 Å². The van der Waals surface area contributed by atoms with E-state index in [-0.39, 0.29) is 24.8 Å². The van der Waals surface area contributed by atoms with Gasteiger partial charge in [0.15, 0.2) is 0 Å². The van der Waals surface area contributed by atoms with Gasteiger partial charge in [0, 0.05) is 0 Å². The molecule has 2 rings (SSSR count). The molecule has 4 heteroatoms. The summed E-state index contributed by atoms with van der Waals surface area (Å²) in [5.41, 5.74) is 2.98. The first-order chi connectivity index (χ1) is 8.43. The Bertz CT molecular complexity index is 515. The van der Waals surface area contributed by atoms with Crippen molar-refractivity contribution in [3.05, 3.63) is 42.0 Å². The van der Waals surface area contributed by atoms with E-state index in [0.717, 1.165) is 0 Å². The molecule has 0 N–H and O–H groups in total. The molecule has 0 aliphatic heterocycles. The molecule has 0 atom stereocenters. The Hall–Kier alpha value is 0.640. The molecule has 0 bridgehead atoms. The Morgan fingerprint density at radius 2 is 1.25 bits per heavy atom. The predicted molar refractivity (Wildman–Crippen MR) is 96.9 cm³/mol. The zero-order valence-corrected chi connectivity index (χ0v) is 18.7. The van der Waals surface area contributed by atoms with Crippen LogP contribution in [0.3, 0.4) is 0 Å². The Morgan fingerprint density at radius 3 is 1.45 bits per heavy atom. The summed E-state index contributed by atoms with van der Waals surface area (Å²) in [7, 11) is 0. The van der Waals surface area contributed by atoms with Crippen molar-refractivity contribution in [1.29, 1.82) is 0 Å². The minimum Gasteiger partial charge on any atom is -0.147 e. The first-order valence-corrected chi connectivity index (χ1v) is 19.1. The van der Waals surface area contributed by atoms with E-state index in [1.54, 1.807) is 0 Å². The maximum absolute atomic E-state index is 2.83. The van der Waals surface area contributed by atoms with Crippen molar-refractivity contribution < 1.29 is 17.4 Å². The number of rotatable bonds is 4. The van der Waals surface area contributed by atoms with Crippen LogP contribution >= 0.6 is 24.8 Å². The molecule has 0 spiro atoms. The van der Waals surface area contributed by atoms with Gasteiger partial charge in [0.1, 0.15) is 0 Å². The SMILES string of the molecule is C[CH2][Zr](=[SiH2])([CH2]C)([C]1=CC(C)=CC1)[C]1=CC(C)=CC1.Cl.Cl. The maximum Gasteiger partial charge on any atom is -0.147 e. The molecule has 0 fully saturated rings. The first-order valence-electron chi connectivity index (χ1n) is 7.23. The summed E-state index contributed by atoms with van der Waals surface area (Å²) in [6.45, 7) is 11.9. The summed E-state index contributed by atoms with van der Waals surface area (Å²) in [6.07, 6.45) is 12.4. The van der Waals surface area contributed by atoms with Crippen molar-refractivity contribution in [2.75, 3.05) is 0 Å². The van der Waals surface area contributed by atoms with Gasteiger partial charge in [-0.25, -0.2) is 0 Å². The minimum atomic E-state index is -2.83. The molecular formula is C16H28Cl2SiZr. The van der Waals surface area contributed by atoms with Gasteiger partial charge in [-0.2, -0.15) is 0 Å². The third kappa shape index (κ3) is 3.19. The normalized spacial score (nSPS) is 18.4. The summed E-state index contributed by atoms with van der Waals surface area (Å²) >= 11 is -2.83. The molecular weight excluding hydrogens is 382 g/mol. The summed E-state index contributed by atoms with van der Waals surface area (Å²) in [5.74, 6) is 0. The van der Waals surface area contributed by atoms with Crippen molar-refractivity contribution in [2.45, 2.75) is 48.8 Å². The Balaban J connectivity index is 0.00000180. The standard InChI is InChI=1S/2C6H7.2C2H5.2ClH.H2Si.Zr/c2*1-6-4-2-3-5-6;2*1-2;;;;/h2*4-5H,2H2,1H3;2*1H2,2H3;2*1H;1H2;. The second kappa shape index (κ2) is 7.27. The molecule has 0 radical (unpaired) electrons. The minimum absolute atomic E-state index is 0. The van der Waals surface area contributed by atoms with Crippen LogP contribution in [0.5, 0.6) is 0 Å². The zero-order chi connectivity index (χ0) is 13.4. The van der Waals surface area contributed by atoms with Gasteiger partial charge in [-0.05, 0) is 0 Å². The zero-order valence-electron chi connectivity index (χ0n) is 13.2. The Kier molecular flexibility index (Phi) is 7.50. The van der Waals surface area contributed by atoms with E-state index in [4.69, 9.17) is 0 Å². The van der Waals surface area contributed by atoms with Crippen LogP contribution in [0, 0.1) is 0 Å². The largest absolute Gasteiger partial charge is 0.147 e. The topological polar surface area (TPSA) is 0 Å². The molecule has 0 aromatic carbocycles. The average molecular weight is 411 g/mol. The van der Waals surface area contributed by atoms with Gasteiger partial charge in [-0.1, -0.05) is 0 Å². The average Bonchev–Trinajstić information content (AvgIpc) is 2.98. The molecule has 0 saturated heterocycles. The molecule has 0 aromatic heterocycles. The summed E-state index contributed by atoms with van der Waals surface area (Å²) in [6, 6.07) is 0. The second-order valence-corrected chi connectivity index (χ2v) is 32.5. The van der Waals surface area contributed by atoms with Crippen molar-refractivity contribution in [1.82, 2.24) is 0 Å². The van der Waals surface area contributed by atoms with Crippen LogP contribution in [0.25, 0.3) is 0 Å². The van der Waals surface area contributed by atoms with Crippen LogP contribution < -0.4 is 0 Å². The first kappa shape index (κ1) is 20.6. The molecule has 0 unspecified atom stereocenters. The quantitative estimate of drug-likeness (QED) is 0.544. The van der Waals surface area contributed by atoms with E-state index in [2.05, 4.69) is 58.9 Å². The van der Waals surface area contributed by atoms with Gasteiger partial charge in [0.25, 0.3) is 0 Å². The van der Waals surface area contributed by atoms with Crippen LogP contribution in [0.4, 0.5) is 0 Å². The molecule has 20 heavy (non-hydrogen) atoms. The fourth-order valence-electron chi connectivity index (χ4n) is 3.61. The molecule has 2 aliphatic carbocycles. The summed E-state index contributed by atoms with van der Waals surface area (Å²) in [5, 5.41) is 0. The maximum atomic E-state index is 2.53. The van der Waals surface area contributed by atoms with Crippen molar-refractivity contribution >= 4 is 31.7 Å². The van der Waals surface area contributed by atoms with Crippen molar-refractivity contribution in [3.8, 4) is 0 Å². The van der Waals surface area contributed by atoms with E-state index < -0.39 is 17.4 Å². The molecule has 0 amide bonds. The summed E-state index contributed by atoms with van der Waals surface area (Å²) in [4.78, 5) is 0. The van der Waals surface area contributed by atoms with Gasteiger partial charge < -0.3 is 0 Å². The van der Waals surface area contributed by atoms with Crippen LogP contribution in [-0.4, -0.2) is 6.88 Å². The summed E-state index contributed by atoms with van der Waals surface area (Å²) < 4.78 is 6.50. The number of hydrogen-bond donors (Lipinski definition) is 0. The monoisotopic (exact) mass is 408 g/mol. The van der Waals surface area contributed by atoms with E-state index >= 15 is 0 Å². The van der Waals surface area contributed by atoms with Gasteiger partial charge >= 0.3 is 115 Å². The molecule has 0 aromatic rings. The smallest absolute Gasteiger partial charge is 0.147 e. The third-order valence-electron chi connectivity index (χ3n) is 5.48. The molecule has 0 nitrogen and oxygen atoms in total. The molecule has 0 heterocycles. The second-order valence-electron chi connectivity index (χ2n) is 6.29. The van der Waals surface area contributed by atoms with Crippen LogP contribution in [0.1, 0.15) is 40.5 Å². The van der Waals surface area contributed by atoms with Gasteiger partial charge in [-0.3, -0.25) is 0 Å². The van der Waals surface area contributed by atoms with Gasteiger partial charge in [0.2, 0.25) is 0 Å². The van der Waals surface area contributed by atoms with Crippen LogP contribution in [0.2, 0.25) is 8.26 Å². The number of allylic oxidation sites excluding steroid dienone is 8. The molecule has 2 aliphatic rings. The van der Waals surface area contributed by atoms with E-state index in [1.807, 2.05) is 6.56 Å². The predicted octanol–water partition coefficient (Wildman–Crippen LogP) is 5.41. The Labute approximate surface area is 139 Å².